The molecular weight excluding hydrogens is 182 g/mol. The van der Waals surface area contributed by atoms with Gasteiger partial charge in [0.25, 0.3) is 0 Å². The lowest BCUT2D eigenvalue weighted by molar-refractivity contribution is 0.111. The predicted molar refractivity (Wildman–Crippen MR) is 57.7 cm³/mol. The zero-order valence-corrected chi connectivity index (χ0v) is 9.95. The molecule has 1 unspecified atom stereocenters. The first kappa shape index (κ1) is 13.9. The van der Waals surface area contributed by atoms with Gasteiger partial charge >= 0.3 is 0 Å². The maximum atomic E-state index is 12.1. The quantitative estimate of drug-likeness (QED) is 0.556. The van der Waals surface area contributed by atoms with Gasteiger partial charge in [-0.3, -0.25) is 0 Å². The largest absolute Gasteiger partial charge is 0.238 e. The molecule has 0 saturated heterocycles. The summed E-state index contributed by atoms with van der Waals surface area (Å²) in [6.45, 7) is 8.55. The van der Waals surface area contributed by atoms with Crippen molar-refractivity contribution >= 4 is 0 Å². The molecule has 0 aromatic carbocycles. The van der Waals surface area contributed by atoms with Crippen molar-refractivity contribution in [2.24, 2.45) is 11.3 Å². The summed E-state index contributed by atoms with van der Waals surface area (Å²) in [5, 5.41) is 0. The van der Waals surface area contributed by atoms with E-state index in [2.05, 4.69) is 20.8 Å². The van der Waals surface area contributed by atoms with E-state index in [9.17, 15) is 8.78 Å². The molecule has 0 aliphatic heterocycles. The average Bonchev–Trinajstić information content (AvgIpc) is 2.00. The van der Waals surface area contributed by atoms with E-state index in [0.717, 1.165) is 12.8 Å². The van der Waals surface area contributed by atoms with Crippen LogP contribution in [-0.2, 0) is 0 Å². The number of halogens is 2. The van der Waals surface area contributed by atoms with E-state index in [1.807, 2.05) is 6.92 Å². The third-order valence-electron chi connectivity index (χ3n) is 2.82. The maximum Gasteiger partial charge on any atom is 0.238 e. The second-order valence-electron chi connectivity index (χ2n) is 5.18. The number of rotatable bonds is 7. The maximum absolute atomic E-state index is 12.1. The fourth-order valence-corrected chi connectivity index (χ4v) is 1.86. The van der Waals surface area contributed by atoms with Crippen molar-refractivity contribution in [1.82, 2.24) is 0 Å². The molecular formula is C12H24F2. The van der Waals surface area contributed by atoms with Crippen LogP contribution in [0.15, 0.2) is 0 Å². The van der Waals surface area contributed by atoms with Gasteiger partial charge in [0.05, 0.1) is 0 Å². The molecule has 0 saturated carbocycles. The van der Waals surface area contributed by atoms with Gasteiger partial charge in [0.2, 0.25) is 6.43 Å². The zero-order chi connectivity index (χ0) is 11.2. The third-order valence-corrected chi connectivity index (χ3v) is 2.82. The van der Waals surface area contributed by atoms with E-state index < -0.39 is 6.43 Å². The summed E-state index contributed by atoms with van der Waals surface area (Å²) >= 11 is 0. The summed E-state index contributed by atoms with van der Waals surface area (Å²) in [6.07, 6.45) is 2.28. The van der Waals surface area contributed by atoms with Crippen LogP contribution in [0.3, 0.4) is 0 Å². The Kier molecular flexibility index (Phi) is 6.30. The van der Waals surface area contributed by atoms with Gasteiger partial charge in [-0.2, -0.15) is 0 Å². The Balaban J connectivity index is 3.69. The first-order chi connectivity index (χ1) is 6.37. The SMILES string of the molecule is CCCC(C)(C)CCC(C)CC(F)F. The van der Waals surface area contributed by atoms with Gasteiger partial charge in [-0.1, -0.05) is 34.1 Å². The van der Waals surface area contributed by atoms with Crippen LogP contribution >= 0.6 is 0 Å². The molecule has 1 atom stereocenters. The lowest BCUT2D eigenvalue weighted by Crippen LogP contribution is -2.13. The van der Waals surface area contributed by atoms with Gasteiger partial charge in [-0.15, -0.1) is 0 Å². The molecule has 0 fully saturated rings. The van der Waals surface area contributed by atoms with E-state index in [-0.39, 0.29) is 12.3 Å². The summed E-state index contributed by atoms with van der Waals surface area (Å²) in [5.74, 6) is 0.158. The van der Waals surface area contributed by atoms with Crippen molar-refractivity contribution in [2.45, 2.75) is 66.2 Å². The Bertz CT molecular complexity index is 141. The fraction of sp³-hybridized carbons (Fsp3) is 1.00. The normalized spacial score (nSPS) is 14.8. The summed E-state index contributed by atoms with van der Waals surface area (Å²) in [7, 11) is 0. The highest BCUT2D eigenvalue weighted by atomic mass is 19.3. The minimum atomic E-state index is -2.14. The molecule has 0 spiro atoms. The number of alkyl halides is 2. The summed E-state index contributed by atoms with van der Waals surface area (Å²) in [6, 6.07) is 0. The summed E-state index contributed by atoms with van der Waals surface area (Å²) in [5.41, 5.74) is 0.325. The van der Waals surface area contributed by atoms with E-state index in [4.69, 9.17) is 0 Å². The first-order valence-electron chi connectivity index (χ1n) is 5.65. The van der Waals surface area contributed by atoms with Gasteiger partial charge in [0.15, 0.2) is 0 Å². The smallest absolute Gasteiger partial charge is 0.211 e. The van der Waals surface area contributed by atoms with Crippen molar-refractivity contribution in [3.8, 4) is 0 Å². The van der Waals surface area contributed by atoms with Crippen LogP contribution in [0.25, 0.3) is 0 Å². The van der Waals surface area contributed by atoms with Crippen molar-refractivity contribution in [3.05, 3.63) is 0 Å². The highest BCUT2D eigenvalue weighted by molar-refractivity contribution is 4.69. The Morgan fingerprint density at radius 1 is 1.14 bits per heavy atom. The van der Waals surface area contributed by atoms with Crippen LogP contribution in [0, 0.1) is 11.3 Å². The van der Waals surface area contributed by atoms with Gasteiger partial charge in [0, 0.05) is 6.42 Å². The van der Waals surface area contributed by atoms with E-state index in [1.165, 1.54) is 12.8 Å². The second kappa shape index (κ2) is 6.36. The molecule has 0 nitrogen and oxygen atoms in total. The molecule has 0 amide bonds. The molecule has 0 aliphatic rings. The molecule has 0 aromatic heterocycles. The van der Waals surface area contributed by atoms with Crippen LogP contribution < -0.4 is 0 Å². The summed E-state index contributed by atoms with van der Waals surface area (Å²) in [4.78, 5) is 0. The topological polar surface area (TPSA) is 0 Å². The van der Waals surface area contributed by atoms with E-state index in [0.29, 0.717) is 5.41 Å². The molecule has 86 valence electrons. The highest BCUT2D eigenvalue weighted by Crippen LogP contribution is 2.30. The molecule has 0 aromatic rings. The van der Waals surface area contributed by atoms with E-state index in [1.54, 1.807) is 0 Å². The Hall–Kier alpha value is -0.140. The zero-order valence-electron chi connectivity index (χ0n) is 9.95. The molecule has 2 heteroatoms. The fourth-order valence-electron chi connectivity index (χ4n) is 1.86. The van der Waals surface area contributed by atoms with Crippen molar-refractivity contribution in [3.63, 3.8) is 0 Å². The second-order valence-corrected chi connectivity index (χ2v) is 5.18. The van der Waals surface area contributed by atoms with Crippen LogP contribution in [0.1, 0.15) is 59.8 Å². The van der Waals surface area contributed by atoms with Crippen LogP contribution in [0.5, 0.6) is 0 Å². The monoisotopic (exact) mass is 206 g/mol. The third kappa shape index (κ3) is 7.28. The van der Waals surface area contributed by atoms with Crippen molar-refractivity contribution < 1.29 is 8.78 Å². The number of hydrogen-bond donors (Lipinski definition) is 0. The predicted octanol–water partition coefficient (Wildman–Crippen LogP) is 4.88. The van der Waals surface area contributed by atoms with Gasteiger partial charge in [-0.05, 0) is 30.6 Å². The molecule has 0 heterocycles. The Labute approximate surface area is 87.1 Å². The molecule has 0 rings (SSSR count). The lowest BCUT2D eigenvalue weighted by Gasteiger charge is -2.25. The standard InChI is InChI=1S/C12H24F2/c1-5-7-12(3,4)8-6-10(2)9-11(13)14/h10-11H,5-9H2,1-4H3. The molecule has 0 radical (unpaired) electrons. The highest BCUT2D eigenvalue weighted by Gasteiger charge is 2.19. The van der Waals surface area contributed by atoms with Crippen LogP contribution in [-0.4, -0.2) is 6.43 Å². The molecule has 14 heavy (non-hydrogen) atoms. The number of hydrogen-bond acceptors (Lipinski definition) is 0. The molecule has 0 N–H and O–H groups in total. The van der Waals surface area contributed by atoms with Crippen molar-refractivity contribution in [2.75, 3.05) is 0 Å². The van der Waals surface area contributed by atoms with Gasteiger partial charge in [-0.25, -0.2) is 8.78 Å². The average molecular weight is 206 g/mol. The summed E-state index contributed by atoms with van der Waals surface area (Å²) < 4.78 is 24.1. The van der Waals surface area contributed by atoms with Gasteiger partial charge in [0.1, 0.15) is 0 Å². The minimum absolute atomic E-state index is 0.0577. The molecule has 0 bridgehead atoms. The van der Waals surface area contributed by atoms with Gasteiger partial charge < -0.3 is 0 Å². The lowest BCUT2D eigenvalue weighted by atomic mass is 9.81. The van der Waals surface area contributed by atoms with Crippen molar-refractivity contribution in [1.29, 1.82) is 0 Å². The first-order valence-corrected chi connectivity index (χ1v) is 5.65. The minimum Gasteiger partial charge on any atom is -0.211 e. The van der Waals surface area contributed by atoms with Crippen LogP contribution in [0.4, 0.5) is 8.78 Å². The Morgan fingerprint density at radius 2 is 1.71 bits per heavy atom. The van der Waals surface area contributed by atoms with E-state index >= 15 is 0 Å². The molecule has 0 aliphatic carbocycles. The van der Waals surface area contributed by atoms with Crippen LogP contribution in [0.2, 0.25) is 0 Å². The Morgan fingerprint density at radius 3 is 2.14 bits per heavy atom.